The molecule has 2 N–H and O–H groups in total. The van der Waals surface area contributed by atoms with Crippen LogP contribution in [0.2, 0.25) is 0 Å². The van der Waals surface area contributed by atoms with E-state index in [9.17, 15) is 13.2 Å². The second-order valence-corrected chi connectivity index (χ2v) is 4.61. The second kappa shape index (κ2) is 5.36. The molecule has 1 rings (SSSR count). The molecule has 0 saturated heterocycles. The molecule has 2 nitrogen and oxygen atoms in total. The van der Waals surface area contributed by atoms with E-state index in [-0.39, 0.29) is 6.04 Å². The summed E-state index contributed by atoms with van der Waals surface area (Å²) in [6, 6.07) is -2.32. The number of likely N-dealkylation sites (N-methyl/N-ethyl adjacent to an activating group) is 1. The first kappa shape index (κ1) is 13.8. The second-order valence-electron chi connectivity index (χ2n) is 4.61. The average Bonchev–Trinajstić information content (AvgIpc) is 2.63. The number of rotatable bonds is 4. The number of nitrogens with two attached hydrogens (primary N) is 1. The summed E-state index contributed by atoms with van der Waals surface area (Å²) in [6.45, 7) is 3.63. The van der Waals surface area contributed by atoms with Crippen LogP contribution in [-0.2, 0) is 0 Å². The van der Waals surface area contributed by atoms with Gasteiger partial charge in [-0.25, -0.2) is 0 Å². The maximum absolute atomic E-state index is 12.9. The van der Waals surface area contributed by atoms with E-state index in [0.29, 0.717) is 6.54 Å². The molecule has 0 aromatic heterocycles. The Morgan fingerprint density at radius 2 is 1.81 bits per heavy atom. The number of nitrogens with zero attached hydrogens (tertiary/aromatic N) is 1. The molecule has 1 aliphatic carbocycles. The van der Waals surface area contributed by atoms with Crippen LogP contribution in [0.3, 0.4) is 0 Å². The number of halogens is 3. The lowest BCUT2D eigenvalue weighted by atomic mass is 10.0. The van der Waals surface area contributed by atoms with Crippen molar-refractivity contribution in [3.63, 3.8) is 0 Å². The van der Waals surface area contributed by atoms with Gasteiger partial charge in [0.15, 0.2) is 0 Å². The Morgan fingerprint density at radius 3 is 2.12 bits per heavy atom. The highest BCUT2D eigenvalue weighted by Crippen LogP contribution is 2.32. The monoisotopic (exact) mass is 238 g/mol. The first-order chi connectivity index (χ1) is 7.38. The molecule has 2 atom stereocenters. The summed E-state index contributed by atoms with van der Waals surface area (Å²) in [6.07, 6.45) is -0.428. The largest absolute Gasteiger partial charge is 0.405 e. The molecule has 5 heteroatoms. The molecular formula is C11H21F3N2. The van der Waals surface area contributed by atoms with Gasteiger partial charge in [0.2, 0.25) is 0 Å². The molecule has 1 aliphatic rings. The molecule has 0 aromatic carbocycles. The van der Waals surface area contributed by atoms with Gasteiger partial charge in [-0.15, -0.1) is 0 Å². The highest BCUT2D eigenvalue weighted by Gasteiger charge is 2.47. The van der Waals surface area contributed by atoms with E-state index in [0.717, 1.165) is 25.7 Å². The SMILES string of the molecule is CCN(C1CCCC1)C(C(C)N)C(F)(F)F. The summed E-state index contributed by atoms with van der Waals surface area (Å²) in [5.41, 5.74) is 5.51. The topological polar surface area (TPSA) is 29.3 Å². The normalized spacial score (nSPS) is 22.7. The molecule has 0 aromatic rings. The first-order valence-corrected chi connectivity index (χ1v) is 5.96. The van der Waals surface area contributed by atoms with Crippen molar-refractivity contribution in [2.45, 2.75) is 63.8 Å². The Labute approximate surface area is 95.0 Å². The van der Waals surface area contributed by atoms with Gasteiger partial charge in [-0.2, -0.15) is 13.2 Å². The zero-order valence-corrected chi connectivity index (χ0v) is 9.93. The lowest BCUT2D eigenvalue weighted by Crippen LogP contribution is -2.57. The molecule has 16 heavy (non-hydrogen) atoms. The van der Waals surface area contributed by atoms with Crippen molar-refractivity contribution in [1.29, 1.82) is 0 Å². The summed E-state index contributed by atoms with van der Waals surface area (Å²) >= 11 is 0. The summed E-state index contributed by atoms with van der Waals surface area (Å²) in [4.78, 5) is 1.54. The Bertz CT molecular complexity index is 210. The van der Waals surface area contributed by atoms with Gasteiger partial charge in [-0.3, -0.25) is 4.90 Å². The number of hydrogen-bond donors (Lipinski definition) is 1. The molecule has 2 unspecified atom stereocenters. The summed E-state index contributed by atoms with van der Waals surface area (Å²) in [5.74, 6) is 0. The molecule has 0 radical (unpaired) electrons. The Morgan fingerprint density at radius 1 is 1.31 bits per heavy atom. The van der Waals surface area contributed by atoms with Crippen LogP contribution in [-0.4, -0.2) is 35.7 Å². The molecule has 0 spiro atoms. The van der Waals surface area contributed by atoms with Crippen molar-refractivity contribution in [3.8, 4) is 0 Å². The van der Waals surface area contributed by atoms with E-state index in [1.165, 1.54) is 11.8 Å². The van der Waals surface area contributed by atoms with Crippen molar-refractivity contribution in [3.05, 3.63) is 0 Å². The minimum atomic E-state index is -4.23. The van der Waals surface area contributed by atoms with E-state index in [4.69, 9.17) is 5.73 Å². The minimum absolute atomic E-state index is 0.0580. The predicted molar refractivity (Wildman–Crippen MR) is 58.1 cm³/mol. The van der Waals surface area contributed by atoms with Crippen LogP contribution in [0.1, 0.15) is 39.5 Å². The highest BCUT2D eigenvalue weighted by atomic mass is 19.4. The average molecular weight is 238 g/mol. The van der Waals surface area contributed by atoms with Crippen LogP contribution >= 0.6 is 0 Å². The van der Waals surface area contributed by atoms with E-state index >= 15 is 0 Å². The van der Waals surface area contributed by atoms with Crippen LogP contribution in [0.25, 0.3) is 0 Å². The van der Waals surface area contributed by atoms with Gasteiger partial charge in [0.25, 0.3) is 0 Å². The molecule has 0 bridgehead atoms. The van der Waals surface area contributed by atoms with Gasteiger partial charge in [0.05, 0.1) is 0 Å². The van der Waals surface area contributed by atoms with Gasteiger partial charge in [-0.05, 0) is 26.3 Å². The zero-order valence-electron chi connectivity index (χ0n) is 9.93. The number of alkyl halides is 3. The standard InChI is InChI=1S/C11H21F3N2/c1-3-16(9-6-4-5-7-9)10(8(2)15)11(12,13)14/h8-10H,3-7,15H2,1-2H3. The smallest absolute Gasteiger partial charge is 0.326 e. The van der Waals surface area contributed by atoms with Gasteiger partial charge in [0.1, 0.15) is 6.04 Å². The van der Waals surface area contributed by atoms with Crippen molar-refractivity contribution >= 4 is 0 Å². The van der Waals surface area contributed by atoms with Gasteiger partial charge in [0, 0.05) is 12.1 Å². The lowest BCUT2D eigenvalue weighted by Gasteiger charge is -2.38. The van der Waals surface area contributed by atoms with Gasteiger partial charge < -0.3 is 5.73 Å². The quantitative estimate of drug-likeness (QED) is 0.815. The van der Waals surface area contributed by atoms with Crippen LogP contribution in [0.5, 0.6) is 0 Å². The van der Waals surface area contributed by atoms with Gasteiger partial charge >= 0.3 is 6.18 Å². The third kappa shape index (κ3) is 3.10. The van der Waals surface area contributed by atoms with Gasteiger partial charge in [-0.1, -0.05) is 19.8 Å². The Kier molecular flexibility index (Phi) is 4.62. The van der Waals surface area contributed by atoms with Crippen LogP contribution in [0, 0.1) is 0 Å². The van der Waals surface area contributed by atoms with Crippen molar-refractivity contribution in [2.75, 3.05) is 6.54 Å². The molecule has 96 valence electrons. The molecule has 0 aliphatic heterocycles. The van der Waals surface area contributed by atoms with Crippen molar-refractivity contribution in [2.24, 2.45) is 5.73 Å². The number of hydrogen-bond acceptors (Lipinski definition) is 2. The third-order valence-electron chi connectivity index (χ3n) is 3.35. The maximum Gasteiger partial charge on any atom is 0.405 e. The van der Waals surface area contributed by atoms with E-state index < -0.39 is 18.3 Å². The van der Waals surface area contributed by atoms with E-state index in [1.54, 1.807) is 6.92 Å². The third-order valence-corrected chi connectivity index (χ3v) is 3.35. The van der Waals surface area contributed by atoms with E-state index in [2.05, 4.69) is 0 Å². The fraction of sp³-hybridized carbons (Fsp3) is 1.00. The molecular weight excluding hydrogens is 217 g/mol. The Balaban J connectivity index is 2.80. The highest BCUT2D eigenvalue weighted by molar-refractivity contribution is 4.90. The van der Waals surface area contributed by atoms with Crippen molar-refractivity contribution in [1.82, 2.24) is 4.90 Å². The van der Waals surface area contributed by atoms with Crippen LogP contribution < -0.4 is 5.73 Å². The predicted octanol–water partition coefficient (Wildman–Crippen LogP) is 2.53. The van der Waals surface area contributed by atoms with E-state index in [1.807, 2.05) is 0 Å². The summed E-state index contributed by atoms with van der Waals surface area (Å²) in [5, 5.41) is 0. The maximum atomic E-state index is 12.9. The first-order valence-electron chi connectivity index (χ1n) is 5.96. The molecule has 0 heterocycles. The molecule has 1 fully saturated rings. The summed E-state index contributed by atoms with van der Waals surface area (Å²) in [7, 11) is 0. The van der Waals surface area contributed by atoms with Crippen LogP contribution in [0.15, 0.2) is 0 Å². The summed E-state index contributed by atoms with van der Waals surface area (Å²) < 4.78 is 38.8. The van der Waals surface area contributed by atoms with Crippen molar-refractivity contribution < 1.29 is 13.2 Å². The van der Waals surface area contributed by atoms with Crippen LogP contribution in [0.4, 0.5) is 13.2 Å². The molecule has 0 amide bonds. The zero-order chi connectivity index (χ0) is 12.3. The lowest BCUT2D eigenvalue weighted by molar-refractivity contribution is -0.193. The fourth-order valence-corrected chi connectivity index (χ4v) is 2.71. The Hall–Kier alpha value is -0.290. The molecule has 1 saturated carbocycles. The fourth-order valence-electron chi connectivity index (χ4n) is 2.71. The minimum Gasteiger partial charge on any atom is -0.326 e.